The summed E-state index contributed by atoms with van der Waals surface area (Å²) >= 11 is 5.95. The van der Waals surface area contributed by atoms with Gasteiger partial charge in [0.25, 0.3) is 0 Å². The normalized spacial score (nSPS) is 16.8. The first-order valence-corrected chi connectivity index (χ1v) is 7.46. The average Bonchev–Trinajstić information content (AvgIpc) is 2.94. The van der Waals surface area contributed by atoms with E-state index in [0.29, 0.717) is 22.4 Å². The number of para-hydroxylation sites is 2. The minimum atomic E-state index is -0.346. The quantitative estimate of drug-likeness (QED) is 0.718. The number of halogens is 1. The molecule has 3 aromatic rings. The number of hydrogen-bond donors (Lipinski definition) is 2. The number of aromatic nitrogens is 2. The van der Waals surface area contributed by atoms with Crippen LogP contribution >= 0.6 is 11.6 Å². The molecular weight excluding hydrogens is 310 g/mol. The molecule has 0 bridgehead atoms. The van der Waals surface area contributed by atoms with Gasteiger partial charge >= 0.3 is 0 Å². The number of rotatable bonds is 1. The summed E-state index contributed by atoms with van der Waals surface area (Å²) in [6, 6.07) is 16.9. The van der Waals surface area contributed by atoms with Gasteiger partial charge in [0, 0.05) is 5.02 Å². The average molecular weight is 322 g/mol. The summed E-state index contributed by atoms with van der Waals surface area (Å²) in [5.41, 5.74) is 9.35. The van der Waals surface area contributed by atoms with Crippen molar-refractivity contribution in [1.82, 2.24) is 9.55 Å². The molecule has 0 spiro atoms. The second-order valence-electron chi connectivity index (χ2n) is 5.30. The Morgan fingerprint density at radius 3 is 2.65 bits per heavy atom. The maximum absolute atomic E-state index is 9.60. The zero-order valence-corrected chi connectivity index (χ0v) is 12.7. The molecule has 5 nitrogen and oxygen atoms in total. The summed E-state index contributed by atoms with van der Waals surface area (Å²) in [4.78, 5) is 4.57. The van der Waals surface area contributed by atoms with Crippen molar-refractivity contribution in [3.05, 3.63) is 64.7 Å². The molecule has 1 aliphatic heterocycles. The van der Waals surface area contributed by atoms with Crippen LogP contribution < -0.4 is 11.1 Å². The summed E-state index contributed by atoms with van der Waals surface area (Å²) in [6.45, 7) is 0. The number of nitrogens with zero attached hydrogens (tertiary/aromatic N) is 3. The number of nitriles is 1. The van der Waals surface area contributed by atoms with Crippen LogP contribution in [0.3, 0.4) is 0 Å². The standard InChI is InChI=1S/C17H12ClN5/c18-11-7-5-10(6-8-11)15-12(9-19)16(20)23-14-4-2-1-3-13(14)21-17(23)22-15/h1-8,15H,20H2,(H,21,22). The van der Waals surface area contributed by atoms with Gasteiger partial charge in [0.1, 0.15) is 11.9 Å². The van der Waals surface area contributed by atoms with Crippen LogP contribution in [-0.4, -0.2) is 9.55 Å². The number of nitrogens with one attached hydrogen (secondary N) is 1. The molecule has 2 aromatic carbocycles. The Kier molecular flexibility index (Phi) is 3.00. The Balaban J connectivity index is 1.92. The predicted molar refractivity (Wildman–Crippen MR) is 90.6 cm³/mol. The lowest BCUT2D eigenvalue weighted by Gasteiger charge is -2.26. The molecule has 0 fully saturated rings. The van der Waals surface area contributed by atoms with Crippen molar-refractivity contribution >= 4 is 34.4 Å². The SMILES string of the molecule is N#CC1=C(N)n2c(nc3ccccc32)NC1c1ccc(Cl)cc1. The van der Waals surface area contributed by atoms with E-state index in [0.717, 1.165) is 16.6 Å². The maximum Gasteiger partial charge on any atom is 0.210 e. The molecular formula is C17H12ClN5. The van der Waals surface area contributed by atoms with Crippen molar-refractivity contribution in [2.45, 2.75) is 6.04 Å². The Morgan fingerprint density at radius 1 is 1.17 bits per heavy atom. The number of fused-ring (bicyclic) bond motifs is 3. The first kappa shape index (κ1) is 13.7. The van der Waals surface area contributed by atoms with E-state index in [4.69, 9.17) is 17.3 Å². The molecule has 0 radical (unpaired) electrons. The van der Waals surface area contributed by atoms with Gasteiger partial charge in [0.05, 0.1) is 22.6 Å². The highest BCUT2D eigenvalue weighted by molar-refractivity contribution is 6.30. The second kappa shape index (κ2) is 5.04. The molecule has 1 unspecified atom stereocenters. The summed E-state index contributed by atoms with van der Waals surface area (Å²) in [5.74, 6) is 1.03. The van der Waals surface area contributed by atoms with Gasteiger partial charge < -0.3 is 11.1 Å². The van der Waals surface area contributed by atoms with Crippen LogP contribution in [-0.2, 0) is 0 Å². The minimum Gasteiger partial charge on any atom is -0.384 e. The van der Waals surface area contributed by atoms with Gasteiger partial charge in [-0.1, -0.05) is 35.9 Å². The molecule has 0 amide bonds. The smallest absolute Gasteiger partial charge is 0.210 e. The van der Waals surface area contributed by atoms with Gasteiger partial charge in [-0.05, 0) is 29.8 Å². The van der Waals surface area contributed by atoms with E-state index < -0.39 is 0 Å². The fourth-order valence-electron chi connectivity index (χ4n) is 2.86. The third kappa shape index (κ3) is 2.04. The second-order valence-corrected chi connectivity index (χ2v) is 5.74. The minimum absolute atomic E-state index is 0.346. The molecule has 6 heteroatoms. The van der Waals surface area contributed by atoms with Crippen molar-refractivity contribution in [3.63, 3.8) is 0 Å². The van der Waals surface area contributed by atoms with Crippen molar-refractivity contribution in [1.29, 1.82) is 5.26 Å². The monoisotopic (exact) mass is 321 g/mol. The fraction of sp³-hybridized carbons (Fsp3) is 0.0588. The van der Waals surface area contributed by atoms with Gasteiger partial charge in [-0.25, -0.2) is 4.98 Å². The van der Waals surface area contributed by atoms with Gasteiger partial charge in [0.2, 0.25) is 5.95 Å². The topological polar surface area (TPSA) is 79.7 Å². The van der Waals surface area contributed by atoms with Crippen LogP contribution in [0.2, 0.25) is 5.02 Å². The lowest BCUT2D eigenvalue weighted by molar-refractivity contribution is 0.857. The number of anilines is 1. The highest BCUT2D eigenvalue weighted by Crippen LogP contribution is 2.36. The van der Waals surface area contributed by atoms with Crippen molar-refractivity contribution in [2.24, 2.45) is 5.73 Å². The number of nitrogens with two attached hydrogens (primary N) is 1. The molecule has 0 aliphatic carbocycles. The van der Waals surface area contributed by atoms with Crippen molar-refractivity contribution in [3.8, 4) is 6.07 Å². The Labute approximate surface area is 137 Å². The van der Waals surface area contributed by atoms with Crippen LogP contribution in [0.5, 0.6) is 0 Å². The third-order valence-corrected chi connectivity index (χ3v) is 4.22. The molecule has 1 atom stereocenters. The molecule has 3 N–H and O–H groups in total. The summed E-state index contributed by atoms with van der Waals surface area (Å²) in [7, 11) is 0. The summed E-state index contributed by atoms with van der Waals surface area (Å²) in [5, 5.41) is 13.5. The number of hydrogen-bond acceptors (Lipinski definition) is 4. The molecule has 0 saturated heterocycles. The van der Waals surface area contributed by atoms with Crippen LogP contribution in [0.1, 0.15) is 11.6 Å². The van der Waals surface area contributed by atoms with E-state index in [1.807, 2.05) is 36.4 Å². The van der Waals surface area contributed by atoms with E-state index in [1.165, 1.54) is 0 Å². The van der Waals surface area contributed by atoms with Crippen LogP contribution in [0, 0.1) is 11.3 Å². The first-order valence-electron chi connectivity index (χ1n) is 7.08. The van der Waals surface area contributed by atoms with Gasteiger partial charge in [-0.2, -0.15) is 5.26 Å². The molecule has 0 saturated carbocycles. The van der Waals surface area contributed by atoms with E-state index in [9.17, 15) is 5.26 Å². The first-order chi connectivity index (χ1) is 11.2. The largest absolute Gasteiger partial charge is 0.384 e. The lowest BCUT2D eigenvalue weighted by Crippen LogP contribution is -2.26. The summed E-state index contributed by atoms with van der Waals surface area (Å²) in [6.07, 6.45) is 0. The van der Waals surface area contributed by atoms with Crippen molar-refractivity contribution in [2.75, 3.05) is 5.32 Å². The Bertz CT molecular complexity index is 978. The van der Waals surface area contributed by atoms with Gasteiger partial charge in [-0.15, -0.1) is 0 Å². The van der Waals surface area contributed by atoms with E-state index in [2.05, 4.69) is 16.4 Å². The van der Waals surface area contributed by atoms with Gasteiger partial charge in [0.15, 0.2) is 0 Å². The van der Waals surface area contributed by atoms with E-state index >= 15 is 0 Å². The highest BCUT2D eigenvalue weighted by atomic mass is 35.5. The van der Waals surface area contributed by atoms with Crippen LogP contribution in [0.25, 0.3) is 16.9 Å². The maximum atomic E-state index is 9.60. The number of imidazole rings is 1. The zero-order chi connectivity index (χ0) is 16.0. The molecule has 1 aliphatic rings. The molecule has 2 heterocycles. The Hall–Kier alpha value is -2.97. The van der Waals surface area contributed by atoms with E-state index in [1.54, 1.807) is 16.7 Å². The van der Waals surface area contributed by atoms with Crippen LogP contribution in [0.4, 0.5) is 5.95 Å². The van der Waals surface area contributed by atoms with E-state index in [-0.39, 0.29) is 6.04 Å². The Morgan fingerprint density at radius 2 is 1.91 bits per heavy atom. The summed E-state index contributed by atoms with van der Waals surface area (Å²) < 4.78 is 1.78. The fourth-order valence-corrected chi connectivity index (χ4v) is 2.99. The number of benzene rings is 2. The third-order valence-electron chi connectivity index (χ3n) is 3.96. The molecule has 4 rings (SSSR count). The lowest BCUT2D eigenvalue weighted by atomic mass is 9.98. The van der Waals surface area contributed by atoms with Crippen LogP contribution in [0.15, 0.2) is 54.1 Å². The predicted octanol–water partition coefficient (Wildman–Crippen LogP) is 3.51. The van der Waals surface area contributed by atoms with Crippen molar-refractivity contribution < 1.29 is 0 Å². The highest BCUT2D eigenvalue weighted by Gasteiger charge is 2.29. The zero-order valence-electron chi connectivity index (χ0n) is 12.0. The molecule has 112 valence electrons. The van der Waals surface area contributed by atoms with Gasteiger partial charge in [-0.3, -0.25) is 4.57 Å². The molecule has 1 aromatic heterocycles. The molecule has 23 heavy (non-hydrogen) atoms.